The summed E-state index contributed by atoms with van der Waals surface area (Å²) in [4.78, 5) is 0. The second-order valence-electron chi connectivity index (χ2n) is 5.54. The molecule has 3 rings (SSSR count). The zero-order valence-corrected chi connectivity index (χ0v) is 15.6. The first-order valence-corrected chi connectivity index (χ1v) is 8.89. The molecule has 0 aliphatic carbocycles. The van der Waals surface area contributed by atoms with Crippen LogP contribution >= 0.6 is 34.8 Å². The molecule has 3 aromatic rings. The normalized spacial score (nSPS) is 10.5. The van der Waals surface area contributed by atoms with Crippen molar-refractivity contribution in [1.82, 2.24) is 0 Å². The molecule has 0 spiro atoms. The van der Waals surface area contributed by atoms with Crippen LogP contribution in [-0.4, -0.2) is 0 Å². The average molecular weight is 393 g/mol. The number of halogens is 3. The van der Waals surface area contributed by atoms with Crippen LogP contribution in [0.15, 0.2) is 66.7 Å². The number of benzene rings is 3. The van der Waals surface area contributed by atoms with Crippen molar-refractivity contribution >= 4 is 40.5 Å². The minimum absolute atomic E-state index is 0.443. The minimum atomic E-state index is 0.443. The molecule has 0 atom stereocenters. The van der Waals surface area contributed by atoms with Gasteiger partial charge in [-0.3, -0.25) is 0 Å². The number of ether oxygens (including phenoxy) is 1. The van der Waals surface area contributed by atoms with Crippen LogP contribution in [0.5, 0.6) is 5.75 Å². The van der Waals surface area contributed by atoms with Gasteiger partial charge in [-0.15, -0.1) is 0 Å². The monoisotopic (exact) mass is 391 g/mol. The molecule has 3 aromatic carbocycles. The van der Waals surface area contributed by atoms with Crippen LogP contribution in [0.4, 0.5) is 5.69 Å². The lowest BCUT2D eigenvalue weighted by Gasteiger charge is -2.10. The largest absolute Gasteiger partial charge is 0.489 e. The molecular weight excluding hydrogens is 377 g/mol. The third-order valence-corrected chi connectivity index (χ3v) is 4.44. The third-order valence-electron chi connectivity index (χ3n) is 3.63. The van der Waals surface area contributed by atoms with Gasteiger partial charge in [0.25, 0.3) is 0 Å². The Morgan fingerprint density at radius 1 is 0.800 bits per heavy atom. The Labute approximate surface area is 162 Å². The van der Waals surface area contributed by atoms with E-state index in [1.54, 1.807) is 6.07 Å². The quantitative estimate of drug-likeness (QED) is 0.496. The van der Waals surface area contributed by atoms with Crippen LogP contribution in [0.3, 0.4) is 0 Å². The maximum atomic E-state index is 6.13. The van der Waals surface area contributed by atoms with Crippen molar-refractivity contribution < 1.29 is 4.74 Å². The Morgan fingerprint density at radius 3 is 2.16 bits per heavy atom. The summed E-state index contributed by atoms with van der Waals surface area (Å²) >= 11 is 18.1. The molecule has 0 radical (unpaired) electrons. The summed E-state index contributed by atoms with van der Waals surface area (Å²) in [7, 11) is 0. The van der Waals surface area contributed by atoms with Gasteiger partial charge in [0, 0.05) is 32.9 Å². The van der Waals surface area contributed by atoms with Crippen LogP contribution in [-0.2, 0) is 13.2 Å². The number of anilines is 1. The van der Waals surface area contributed by atoms with E-state index < -0.39 is 0 Å². The first-order chi connectivity index (χ1) is 12.1. The molecule has 2 nitrogen and oxygen atoms in total. The Morgan fingerprint density at radius 2 is 1.48 bits per heavy atom. The fourth-order valence-corrected chi connectivity index (χ4v) is 3.06. The van der Waals surface area contributed by atoms with E-state index in [1.165, 1.54) is 0 Å². The zero-order chi connectivity index (χ0) is 17.6. The van der Waals surface area contributed by atoms with Gasteiger partial charge in [0.15, 0.2) is 0 Å². The molecule has 1 N–H and O–H groups in total. The summed E-state index contributed by atoms with van der Waals surface area (Å²) in [6.45, 7) is 1.11. The standard InChI is InChI=1S/C20H16Cl3NO/c21-16-9-17(22)11-18(10-16)24-12-14-5-7-19(8-6-14)25-13-15-3-1-2-4-20(15)23/h1-11,24H,12-13H2. The molecule has 5 heteroatoms. The van der Waals surface area contributed by atoms with Crippen LogP contribution in [0.25, 0.3) is 0 Å². The van der Waals surface area contributed by atoms with Gasteiger partial charge in [-0.2, -0.15) is 0 Å². The first-order valence-electron chi connectivity index (χ1n) is 7.75. The molecule has 0 aliphatic rings. The Balaban J connectivity index is 1.56. The van der Waals surface area contributed by atoms with Crippen molar-refractivity contribution in [2.24, 2.45) is 0 Å². The van der Waals surface area contributed by atoms with E-state index in [-0.39, 0.29) is 0 Å². The molecule has 0 saturated carbocycles. The predicted octanol–water partition coefficient (Wildman–Crippen LogP) is 6.84. The number of hydrogen-bond donors (Lipinski definition) is 1. The van der Waals surface area contributed by atoms with E-state index in [2.05, 4.69) is 5.32 Å². The summed E-state index contributed by atoms with van der Waals surface area (Å²) in [5.41, 5.74) is 2.98. The van der Waals surface area contributed by atoms with Gasteiger partial charge in [-0.1, -0.05) is 65.1 Å². The molecule has 25 heavy (non-hydrogen) atoms. The number of nitrogens with one attached hydrogen (secondary N) is 1. The lowest BCUT2D eigenvalue weighted by molar-refractivity contribution is 0.306. The lowest BCUT2D eigenvalue weighted by Crippen LogP contribution is -2.00. The summed E-state index contributed by atoms with van der Waals surface area (Å²) in [6.07, 6.45) is 0. The van der Waals surface area contributed by atoms with Gasteiger partial charge < -0.3 is 10.1 Å². The maximum absolute atomic E-state index is 6.13. The van der Waals surface area contributed by atoms with Crippen molar-refractivity contribution in [3.63, 3.8) is 0 Å². The minimum Gasteiger partial charge on any atom is -0.489 e. The SMILES string of the molecule is Clc1cc(Cl)cc(NCc2ccc(OCc3ccccc3Cl)cc2)c1. The fraction of sp³-hybridized carbons (Fsp3) is 0.100. The van der Waals surface area contributed by atoms with Gasteiger partial charge in [0.1, 0.15) is 12.4 Å². The van der Waals surface area contributed by atoms with E-state index in [9.17, 15) is 0 Å². The summed E-state index contributed by atoms with van der Waals surface area (Å²) < 4.78 is 5.78. The zero-order valence-electron chi connectivity index (χ0n) is 13.3. The highest BCUT2D eigenvalue weighted by atomic mass is 35.5. The second kappa shape index (κ2) is 8.48. The van der Waals surface area contributed by atoms with E-state index in [0.29, 0.717) is 28.2 Å². The topological polar surface area (TPSA) is 21.3 Å². The summed E-state index contributed by atoms with van der Waals surface area (Å²) in [5.74, 6) is 0.800. The van der Waals surface area contributed by atoms with E-state index in [1.807, 2.05) is 60.7 Å². The molecule has 0 heterocycles. The van der Waals surface area contributed by atoms with Crippen LogP contribution < -0.4 is 10.1 Å². The lowest BCUT2D eigenvalue weighted by atomic mass is 10.2. The maximum Gasteiger partial charge on any atom is 0.119 e. The fourth-order valence-electron chi connectivity index (χ4n) is 2.34. The van der Waals surface area contributed by atoms with Gasteiger partial charge in [0.2, 0.25) is 0 Å². The van der Waals surface area contributed by atoms with Crippen molar-refractivity contribution in [1.29, 1.82) is 0 Å². The van der Waals surface area contributed by atoms with E-state index in [4.69, 9.17) is 39.5 Å². The molecule has 128 valence electrons. The molecule has 0 unspecified atom stereocenters. The molecule has 0 aromatic heterocycles. The molecule has 0 fully saturated rings. The molecule has 0 amide bonds. The van der Waals surface area contributed by atoms with Crippen LogP contribution in [0.2, 0.25) is 15.1 Å². The summed E-state index contributed by atoms with van der Waals surface area (Å²) in [5, 5.41) is 5.23. The molecule has 0 bridgehead atoms. The van der Waals surface area contributed by atoms with Crippen molar-refractivity contribution in [2.75, 3.05) is 5.32 Å². The third kappa shape index (κ3) is 5.30. The van der Waals surface area contributed by atoms with E-state index >= 15 is 0 Å². The van der Waals surface area contributed by atoms with Gasteiger partial charge >= 0.3 is 0 Å². The van der Waals surface area contributed by atoms with Gasteiger partial charge in [-0.05, 0) is 42.0 Å². The van der Waals surface area contributed by atoms with Crippen molar-refractivity contribution in [3.8, 4) is 5.75 Å². The Bertz CT molecular complexity index is 830. The smallest absolute Gasteiger partial charge is 0.119 e. The van der Waals surface area contributed by atoms with Gasteiger partial charge in [0.05, 0.1) is 0 Å². The van der Waals surface area contributed by atoms with Crippen LogP contribution in [0.1, 0.15) is 11.1 Å². The number of hydrogen-bond acceptors (Lipinski definition) is 2. The first kappa shape index (κ1) is 17.9. The molecule has 0 saturated heterocycles. The van der Waals surface area contributed by atoms with Crippen molar-refractivity contribution in [3.05, 3.63) is 92.9 Å². The van der Waals surface area contributed by atoms with Crippen molar-refractivity contribution in [2.45, 2.75) is 13.2 Å². The second-order valence-corrected chi connectivity index (χ2v) is 6.82. The highest BCUT2D eigenvalue weighted by Gasteiger charge is 2.02. The Hall–Kier alpha value is -1.87. The highest BCUT2D eigenvalue weighted by Crippen LogP contribution is 2.23. The highest BCUT2D eigenvalue weighted by molar-refractivity contribution is 6.35. The predicted molar refractivity (Wildman–Crippen MR) is 106 cm³/mol. The van der Waals surface area contributed by atoms with Crippen LogP contribution in [0, 0.1) is 0 Å². The van der Waals surface area contributed by atoms with Gasteiger partial charge in [-0.25, -0.2) is 0 Å². The molecule has 0 aliphatic heterocycles. The summed E-state index contributed by atoms with van der Waals surface area (Å²) in [6, 6.07) is 21.0. The Kier molecular flexibility index (Phi) is 6.09. The average Bonchev–Trinajstić information content (AvgIpc) is 2.59. The molecular formula is C20H16Cl3NO. The van der Waals surface area contributed by atoms with E-state index in [0.717, 1.165) is 22.6 Å². The number of rotatable bonds is 6.